The minimum atomic E-state index is -1.23. The zero-order valence-electron chi connectivity index (χ0n) is 16.3. The summed E-state index contributed by atoms with van der Waals surface area (Å²) in [6.45, 7) is 5.86. The van der Waals surface area contributed by atoms with E-state index in [9.17, 15) is 14.7 Å². The standard InChI is InChI=1S/C22H32O5/c1-3-5-6-7-8-9-10-11-12-20(27-21(23)4-2)17-26-19-15-13-18(14-16-19)22(24)25/h4,13-16,20H,2-3,5-12,17H2,1H3,(H,24,25)/p-1. The van der Waals surface area contributed by atoms with E-state index >= 15 is 0 Å². The first-order valence-electron chi connectivity index (χ1n) is 9.84. The highest BCUT2D eigenvalue weighted by Gasteiger charge is 2.14. The molecule has 0 N–H and O–H groups in total. The van der Waals surface area contributed by atoms with Gasteiger partial charge in [0.15, 0.2) is 0 Å². The smallest absolute Gasteiger partial charge is 0.330 e. The maximum Gasteiger partial charge on any atom is 0.330 e. The summed E-state index contributed by atoms with van der Waals surface area (Å²) in [6.07, 6.45) is 11.2. The Labute approximate surface area is 162 Å². The number of carbonyl (C=O) groups excluding carboxylic acids is 2. The molecule has 1 aromatic rings. The summed E-state index contributed by atoms with van der Waals surface area (Å²) in [5.74, 6) is -1.17. The number of unbranched alkanes of at least 4 members (excludes halogenated alkanes) is 7. The molecule has 0 aliphatic rings. The van der Waals surface area contributed by atoms with Crippen LogP contribution in [0.2, 0.25) is 0 Å². The second-order valence-electron chi connectivity index (χ2n) is 6.65. The largest absolute Gasteiger partial charge is 0.545 e. The van der Waals surface area contributed by atoms with Crippen molar-refractivity contribution in [3.63, 3.8) is 0 Å². The number of carboxylic acid groups (broad SMARTS) is 1. The molecule has 1 aromatic carbocycles. The molecular weight excluding hydrogens is 344 g/mol. The Kier molecular flexibility index (Phi) is 11.7. The molecule has 0 bridgehead atoms. The molecular formula is C22H31O5-. The third-order valence-corrected chi connectivity index (χ3v) is 4.36. The molecule has 0 amide bonds. The van der Waals surface area contributed by atoms with Crippen molar-refractivity contribution >= 4 is 11.9 Å². The number of carboxylic acids is 1. The van der Waals surface area contributed by atoms with E-state index in [4.69, 9.17) is 9.47 Å². The van der Waals surface area contributed by atoms with Gasteiger partial charge in [0.1, 0.15) is 18.5 Å². The van der Waals surface area contributed by atoms with Crippen molar-refractivity contribution < 1.29 is 24.2 Å². The molecule has 0 heterocycles. The van der Waals surface area contributed by atoms with Gasteiger partial charge in [-0.05, 0) is 42.7 Å². The molecule has 1 rings (SSSR count). The summed E-state index contributed by atoms with van der Waals surface area (Å²) in [5, 5.41) is 10.8. The first-order valence-corrected chi connectivity index (χ1v) is 9.84. The summed E-state index contributed by atoms with van der Waals surface area (Å²) in [6, 6.07) is 5.98. The molecule has 0 spiro atoms. The van der Waals surface area contributed by atoms with Crippen molar-refractivity contribution in [2.75, 3.05) is 6.61 Å². The van der Waals surface area contributed by atoms with E-state index < -0.39 is 11.9 Å². The maximum absolute atomic E-state index is 11.5. The van der Waals surface area contributed by atoms with Gasteiger partial charge >= 0.3 is 5.97 Å². The first kappa shape index (κ1) is 22.7. The topological polar surface area (TPSA) is 75.7 Å². The van der Waals surface area contributed by atoms with Crippen LogP contribution in [0.5, 0.6) is 5.75 Å². The van der Waals surface area contributed by atoms with E-state index in [0.29, 0.717) is 5.75 Å². The quantitative estimate of drug-likeness (QED) is 0.262. The van der Waals surface area contributed by atoms with Crippen molar-refractivity contribution in [1.82, 2.24) is 0 Å². The van der Waals surface area contributed by atoms with E-state index in [2.05, 4.69) is 13.5 Å². The Balaban J connectivity index is 2.36. The van der Waals surface area contributed by atoms with Crippen molar-refractivity contribution in [2.45, 2.75) is 70.8 Å². The number of esters is 1. The fourth-order valence-electron chi connectivity index (χ4n) is 2.77. The Hall–Kier alpha value is -2.30. The van der Waals surface area contributed by atoms with Crippen LogP contribution in [0.3, 0.4) is 0 Å². The molecule has 1 unspecified atom stereocenters. The molecule has 0 aromatic heterocycles. The molecule has 5 nitrogen and oxygen atoms in total. The minimum absolute atomic E-state index is 0.0934. The lowest BCUT2D eigenvalue weighted by Gasteiger charge is -2.18. The lowest BCUT2D eigenvalue weighted by Crippen LogP contribution is -2.24. The summed E-state index contributed by atoms with van der Waals surface area (Å²) in [4.78, 5) is 22.3. The fourth-order valence-corrected chi connectivity index (χ4v) is 2.77. The average Bonchev–Trinajstić information content (AvgIpc) is 2.68. The van der Waals surface area contributed by atoms with E-state index in [1.807, 2.05) is 0 Å². The molecule has 0 radical (unpaired) electrons. The summed E-state index contributed by atoms with van der Waals surface area (Å²) >= 11 is 0. The van der Waals surface area contributed by atoms with Crippen LogP contribution in [0, 0.1) is 0 Å². The number of ether oxygens (including phenoxy) is 2. The molecule has 0 aliphatic heterocycles. The fraction of sp³-hybridized carbons (Fsp3) is 0.545. The first-order chi connectivity index (χ1) is 13.1. The van der Waals surface area contributed by atoms with Gasteiger partial charge in [0.2, 0.25) is 0 Å². The number of carbonyl (C=O) groups is 2. The van der Waals surface area contributed by atoms with Gasteiger partial charge in [0.25, 0.3) is 0 Å². The monoisotopic (exact) mass is 375 g/mol. The van der Waals surface area contributed by atoms with Crippen molar-refractivity contribution in [3.05, 3.63) is 42.5 Å². The van der Waals surface area contributed by atoms with E-state index in [0.717, 1.165) is 25.3 Å². The third-order valence-electron chi connectivity index (χ3n) is 4.36. The molecule has 1 atom stereocenters. The highest BCUT2D eigenvalue weighted by atomic mass is 16.6. The molecule has 0 saturated carbocycles. The van der Waals surface area contributed by atoms with Crippen LogP contribution in [-0.4, -0.2) is 24.6 Å². The van der Waals surface area contributed by atoms with Gasteiger partial charge in [-0.15, -0.1) is 0 Å². The van der Waals surface area contributed by atoms with Crippen LogP contribution in [-0.2, 0) is 9.53 Å². The predicted octanol–water partition coefficient (Wildman–Crippen LogP) is 4.06. The van der Waals surface area contributed by atoms with Gasteiger partial charge in [-0.1, -0.05) is 58.4 Å². The van der Waals surface area contributed by atoms with Gasteiger partial charge in [-0.2, -0.15) is 0 Å². The Morgan fingerprint density at radius 2 is 1.63 bits per heavy atom. The maximum atomic E-state index is 11.5. The number of benzene rings is 1. The molecule has 0 aliphatic carbocycles. The molecule has 5 heteroatoms. The average molecular weight is 375 g/mol. The van der Waals surface area contributed by atoms with Crippen LogP contribution in [0.1, 0.15) is 75.1 Å². The van der Waals surface area contributed by atoms with E-state index in [-0.39, 0.29) is 18.3 Å². The van der Waals surface area contributed by atoms with Gasteiger partial charge in [0, 0.05) is 6.08 Å². The lowest BCUT2D eigenvalue weighted by molar-refractivity contribution is -0.255. The van der Waals surface area contributed by atoms with E-state index in [1.165, 1.54) is 50.7 Å². The predicted molar refractivity (Wildman–Crippen MR) is 104 cm³/mol. The van der Waals surface area contributed by atoms with Crippen LogP contribution < -0.4 is 9.84 Å². The number of hydrogen-bond acceptors (Lipinski definition) is 5. The summed E-state index contributed by atoms with van der Waals surface area (Å²) < 4.78 is 11.0. The highest BCUT2D eigenvalue weighted by molar-refractivity contribution is 5.85. The van der Waals surface area contributed by atoms with Gasteiger partial charge in [-0.25, -0.2) is 4.79 Å². The van der Waals surface area contributed by atoms with Crippen LogP contribution in [0.4, 0.5) is 0 Å². The van der Waals surface area contributed by atoms with Crippen molar-refractivity contribution in [3.8, 4) is 5.75 Å². The lowest BCUT2D eigenvalue weighted by atomic mass is 10.1. The zero-order chi connectivity index (χ0) is 19.9. The van der Waals surface area contributed by atoms with Crippen LogP contribution in [0.15, 0.2) is 36.9 Å². The number of rotatable bonds is 15. The van der Waals surface area contributed by atoms with Crippen LogP contribution in [0.25, 0.3) is 0 Å². The van der Waals surface area contributed by atoms with Gasteiger partial charge < -0.3 is 19.4 Å². The number of aromatic carboxylic acids is 1. The zero-order valence-corrected chi connectivity index (χ0v) is 16.3. The summed E-state index contributed by atoms with van der Waals surface area (Å²) in [7, 11) is 0. The van der Waals surface area contributed by atoms with E-state index in [1.54, 1.807) is 12.1 Å². The molecule has 27 heavy (non-hydrogen) atoms. The Morgan fingerprint density at radius 3 is 2.19 bits per heavy atom. The number of hydrogen-bond donors (Lipinski definition) is 0. The van der Waals surface area contributed by atoms with Gasteiger partial charge in [0.05, 0.1) is 5.97 Å². The third kappa shape index (κ3) is 10.4. The SMILES string of the molecule is C=CC(=O)OC(CCCCCCCCCC)COc1ccc(C(=O)[O-])cc1. The molecule has 0 fully saturated rings. The molecule has 0 saturated heterocycles. The van der Waals surface area contributed by atoms with Crippen molar-refractivity contribution in [1.29, 1.82) is 0 Å². The Morgan fingerprint density at radius 1 is 1.04 bits per heavy atom. The minimum Gasteiger partial charge on any atom is -0.545 e. The second-order valence-corrected chi connectivity index (χ2v) is 6.65. The normalized spacial score (nSPS) is 11.6. The highest BCUT2D eigenvalue weighted by Crippen LogP contribution is 2.16. The Bertz CT molecular complexity index is 565. The van der Waals surface area contributed by atoms with Crippen LogP contribution >= 0.6 is 0 Å². The van der Waals surface area contributed by atoms with Crippen molar-refractivity contribution in [2.24, 2.45) is 0 Å². The van der Waals surface area contributed by atoms with Gasteiger partial charge in [-0.3, -0.25) is 0 Å². The second kappa shape index (κ2) is 13.8. The summed E-state index contributed by atoms with van der Waals surface area (Å²) in [5.41, 5.74) is 0.0934. The molecule has 150 valence electrons.